The largest absolute Gasteiger partial charge is 0.352 e. The van der Waals surface area contributed by atoms with Crippen molar-refractivity contribution in [1.29, 1.82) is 0 Å². The molecule has 0 saturated heterocycles. The fourth-order valence-corrected chi connectivity index (χ4v) is 3.24. The average molecular weight is 388 g/mol. The lowest BCUT2D eigenvalue weighted by atomic mass is 10.1. The van der Waals surface area contributed by atoms with E-state index in [4.69, 9.17) is 5.73 Å². The summed E-state index contributed by atoms with van der Waals surface area (Å²) in [5, 5.41) is 1.07. The van der Waals surface area contributed by atoms with E-state index in [9.17, 15) is 0 Å². The first kappa shape index (κ1) is 20.6. The molecule has 0 amide bonds. The highest BCUT2D eigenvalue weighted by atomic mass is 15.2. The van der Waals surface area contributed by atoms with Gasteiger partial charge in [-0.25, -0.2) is 9.97 Å². The molecular weight excluding hydrogens is 358 g/mol. The number of rotatable bonds is 6. The molecule has 0 spiro atoms. The Balaban J connectivity index is 0.000000204. The predicted octanol–water partition coefficient (Wildman–Crippen LogP) is 4.56. The van der Waals surface area contributed by atoms with Crippen LogP contribution in [0.5, 0.6) is 0 Å². The molecule has 0 aliphatic heterocycles. The van der Waals surface area contributed by atoms with Crippen molar-refractivity contribution in [3.8, 4) is 0 Å². The molecule has 0 fully saturated rings. The zero-order chi connectivity index (χ0) is 20.5. The van der Waals surface area contributed by atoms with Crippen LogP contribution >= 0.6 is 0 Å². The summed E-state index contributed by atoms with van der Waals surface area (Å²) in [5.74, 6) is 0.984. The Labute approximate surface area is 172 Å². The molecule has 3 N–H and O–H groups in total. The van der Waals surface area contributed by atoms with Crippen molar-refractivity contribution in [2.24, 2.45) is 5.73 Å². The number of hydrogen-bond acceptors (Lipinski definition) is 4. The minimum Gasteiger partial charge on any atom is -0.352 e. The van der Waals surface area contributed by atoms with Gasteiger partial charge in [-0.3, -0.25) is 0 Å². The van der Waals surface area contributed by atoms with Crippen molar-refractivity contribution in [1.82, 2.24) is 15.0 Å². The number of nitrogens with one attached hydrogen (secondary N) is 1. The fraction of sp³-hybridized carbons (Fsp3) is 0.250. The van der Waals surface area contributed by atoms with E-state index in [-0.39, 0.29) is 6.04 Å². The number of hydrogen-bond donors (Lipinski definition) is 2. The van der Waals surface area contributed by atoms with Gasteiger partial charge >= 0.3 is 0 Å². The van der Waals surface area contributed by atoms with Gasteiger partial charge in [0, 0.05) is 25.3 Å². The third kappa shape index (κ3) is 5.90. The first-order chi connectivity index (χ1) is 14.2. The van der Waals surface area contributed by atoms with E-state index >= 15 is 0 Å². The summed E-state index contributed by atoms with van der Waals surface area (Å²) in [7, 11) is 0. The number of benzene rings is 2. The van der Waals surface area contributed by atoms with Crippen molar-refractivity contribution in [2.75, 3.05) is 11.4 Å². The molecule has 4 rings (SSSR count). The van der Waals surface area contributed by atoms with Crippen LogP contribution in [0.15, 0.2) is 79.3 Å². The number of nitrogens with zero attached hydrogens (tertiary/aromatic N) is 3. The maximum atomic E-state index is 5.62. The summed E-state index contributed by atoms with van der Waals surface area (Å²) in [6.45, 7) is 5.93. The van der Waals surface area contributed by atoms with Crippen LogP contribution in [0.1, 0.15) is 25.0 Å². The van der Waals surface area contributed by atoms with Gasteiger partial charge in [0.05, 0.1) is 5.39 Å². The quantitative estimate of drug-likeness (QED) is 0.509. The molecule has 0 bridgehead atoms. The van der Waals surface area contributed by atoms with E-state index in [0.29, 0.717) is 0 Å². The summed E-state index contributed by atoms with van der Waals surface area (Å²) >= 11 is 0. The molecule has 5 heteroatoms. The van der Waals surface area contributed by atoms with Crippen molar-refractivity contribution < 1.29 is 0 Å². The summed E-state index contributed by atoms with van der Waals surface area (Å²) < 4.78 is 0. The topological polar surface area (TPSA) is 70.8 Å². The van der Waals surface area contributed by atoms with Crippen LogP contribution in [-0.2, 0) is 13.0 Å². The summed E-state index contributed by atoms with van der Waals surface area (Å²) in [6, 6.07) is 23.0. The van der Waals surface area contributed by atoms with Gasteiger partial charge in [-0.1, -0.05) is 60.7 Å². The van der Waals surface area contributed by atoms with E-state index < -0.39 is 0 Å². The molecular formula is C24H29N5. The van der Waals surface area contributed by atoms with Crippen LogP contribution in [0.25, 0.3) is 11.0 Å². The fourth-order valence-electron chi connectivity index (χ4n) is 3.24. The highest BCUT2D eigenvalue weighted by molar-refractivity contribution is 5.87. The Bertz CT molecular complexity index is 980. The highest BCUT2D eigenvalue weighted by Gasteiger charge is 2.11. The second-order valence-electron chi connectivity index (χ2n) is 7.10. The van der Waals surface area contributed by atoms with Crippen LogP contribution < -0.4 is 10.6 Å². The molecule has 0 aliphatic rings. The number of nitrogens with two attached hydrogens (primary N) is 1. The van der Waals surface area contributed by atoms with Crippen molar-refractivity contribution >= 4 is 16.9 Å². The molecule has 5 nitrogen and oxygen atoms in total. The molecule has 0 saturated carbocycles. The van der Waals surface area contributed by atoms with Gasteiger partial charge in [0.2, 0.25) is 0 Å². The van der Waals surface area contributed by atoms with E-state index in [2.05, 4.69) is 63.2 Å². The number of aromatic amines is 1. The predicted molar refractivity (Wildman–Crippen MR) is 121 cm³/mol. The van der Waals surface area contributed by atoms with Crippen molar-refractivity contribution in [3.63, 3.8) is 0 Å². The monoisotopic (exact) mass is 387 g/mol. The zero-order valence-electron chi connectivity index (χ0n) is 17.1. The van der Waals surface area contributed by atoms with Crippen LogP contribution in [-0.4, -0.2) is 27.5 Å². The Morgan fingerprint density at radius 3 is 2.21 bits per heavy atom. The van der Waals surface area contributed by atoms with E-state index in [0.717, 1.165) is 36.4 Å². The number of fused-ring (bicyclic) bond motifs is 1. The molecule has 1 unspecified atom stereocenters. The van der Waals surface area contributed by atoms with E-state index in [1.807, 2.05) is 43.5 Å². The lowest BCUT2D eigenvalue weighted by Crippen LogP contribution is -2.23. The van der Waals surface area contributed by atoms with Crippen LogP contribution in [0.2, 0.25) is 0 Å². The molecule has 2 aromatic carbocycles. The van der Waals surface area contributed by atoms with Gasteiger partial charge in [-0.05, 0) is 37.5 Å². The van der Waals surface area contributed by atoms with E-state index in [1.54, 1.807) is 6.33 Å². The second kappa shape index (κ2) is 10.4. The van der Waals surface area contributed by atoms with Crippen LogP contribution in [0, 0.1) is 0 Å². The maximum absolute atomic E-state index is 5.62. The van der Waals surface area contributed by atoms with Gasteiger partial charge in [0.25, 0.3) is 0 Å². The summed E-state index contributed by atoms with van der Waals surface area (Å²) in [6.07, 6.45) is 4.49. The van der Waals surface area contributed by atoms with Crippen LogP contribution in [0.4, 0.5) is 5.82 Å². The Kier molecular flexibility index (Phi) is 7.36. The number of aromatic nitrogens is 3. The third-order valence-electron chi connectivity index (χ3n) is 4.63. The highest BCUT2D eigenvalue weighted by Crippen LogP contribution is 2.23. The smallest absolute Gasteiger partial charge is 0.142 e. The second-order valence-corrected chi connectivity index (χ2v) is 7.10. The third-order valence-corrected chi connectivity index (χ3v) is 4.63. The molecule has 0 aliphatic carbocycles. The first-order valence-corrected chi connectivity index (χ1v) is 10.0. The molecule has 1 atom stereocenters. The van der Waals surface area contributed by atoms with E-state index in [1.165, 1.54) is 11.1 Å². The van der Waals surface area contributed by atoms with Gasteiger partial charge in [-0.15, -0.1) is 0 Å². The Morgan fingerprint density at radius 2 is 1.59 bits per heavy atom. The summed E-state index contributed by atoms with van der Waals surface area (Å²) in [4.78, 5) is 14.1. The van der Waals surface area contributed by atoms with Crippen molar-refractivity contribution in [3.05, 3.63) is 90.4 Å². The minimum atomic E-state index is 0.266. The van der Waals surface area contributed by atoms with Gasteiger partial charge in [-0.2, -0.15) is 0 Å². The van der Waals surface area contributed by atoms with Gasteiger partial charge in [0.1, 0.15) is 17.8 Å². The normalized spacial score (nSPS) is 11.6. The molecule has 4 aromatic rings. The first-order valence-electron chi connectivity index (χ1n) is 10.0. The van der Waals surface area contributed by atoms with Crippen LogP contribution in [0.3, 0.4) is 0 Å². The number of H-pyrrole nitrogens is 1. The molecule has 150 valence electrons. The van der Waals surface area contributed by atoms with Gasteiger partial charge in [0.15, 0.2) is 0 Å². The molecule has 0 radical (unpaired) electrons. The SMILES string of the molecule is CC(N)Cc1ccccc1.CCN(Cc1ccccc1)c1ncnc2[nH]ccc12. The summed E-state index contributed by atoms with van der Waals surface area (Å²) in [5.41, 5.74) is 9.11. The van der Waals surface area contributed by atoms with Gasteiger partial charge < -0.3 is 15.6 Å². The molecule has 29 heavy (non-hydrogen) atoms. The maximum Gasteiger partial charge on any atom is 0.142 e. The Morgan fingerprint density at radius 1 is 0.931 bits per heavy atom. The molecule has 2 heterocycles. The number of anilines is 1. The average Bonchev–Trinajstić information content (AvgIpc) is 3.23. The Hall–Kier alpha value is -3.18. The standard InChI is InChI=1S/C15H16N4.C9H13N/c1-2-19(10-12-6-4-3-5-7-12)15-13-8-9-16-14(13)17-11-18-15;1-8(10)7-9-5-3-2-4-6-9/h3-9,11H,2,10H2,1H3,(H,16,17,18);2-6,8H,7,10H2,1H3. The lowest BCUT2D eigenvalue weighted by Gasteiger charge is -2.22. The lowest BCUT2D eigenvalue weighted by molar-refractivity contribution is 0.738. The van der Waals surface area contributed by atoms with Crippen molar-refractivity contribution in [2.45, 2.75) is 32.9 Å². The minimum absolute atomic E-state index is 0.266. The molecule has 2 aromatic heterocycles. The zero-order valence-corrected chi connectivity index (χ0v) is 17.1.